The molecular formula is C9H7ClF2N2O4. The quantitative estimate of drug-likeness (QED) is 0.366. The van der Waals surface area contributed by atoms with Crippen molar-refractivity contribution in [2.45, 2.75) is 12.8 Å². The number of methoxy groups -OCH3 is 1. The number of alkyl halides is 2. The minimum atomic E-state index is -3.14. The van der Waals surface area contributed by atoms with Gasteiger partial charge in [0.15, 0.2) is 0 Å². The van der Waals surface area contributed by atoms with Gasteiger partial charge in [0.05, 0.1) is 13.5 Å². The number of carbonyl (C=O) groups excluding carboxylic acids is 1. The molecule has 0 aromatic carbocycles. The lowest BCUT2D eigenvalue weighted by atomic mass is 10.1. The third-order valence-electron chi connectivity index (χ3n) is 2.05. The molecule has 1 aromatic heterocycles. The number of rotatable bonds is 4. The molecule has 0 fully saturated rings. The van der Waals surface area contributed by atoms with Crippen LogP contribution in [0.5, 0.6) is 0 Å². The van der Waals surface area contributed by atoms with Crippen molar-refractivity contribution in [2.75, 3.05) is 7.11 Å². The highest BCUT2D eigenvalue weighted by molar-refractivity contribution is 6.29. The molecule has 1 aromatic rings. The van der Waals surface area contributed by atoms with E-state index in [1.165, 1.54) is 0 Å². The Morgan fingerprint density at radius 1 is 1.67 bits per heavy atom. The van der Waals surface area contributed by atoms with Crippen LogP contribution in [-0.2, 0) is 16.0 Å². The highest BCUT2D eigenvalue weighted by Crippen LogP contribution is 2.32. The average molecular weight is 281 g/mol. The fraction of sp³-hybridized carbons (Fsp3) is 0.333. The predicted octanol–water partition coefficient (Wildman–Crippen LogP) is 2.30. The van der Waals surface area contributed by atoms with Crippen LogP contribution in [0.2, 0.25) is 5.15 Å². The summed E-state index contributed by atoms with van der Waals surface area (Å²) in [5.41, 5.74) is -1.20. The Morgan fingerprint density at radius 2 is 2.28 bits per heavy atom. The topological polar surface area (TPSA) is 82.3 Å². The Hall–Kier alpha value is -1.83. The fourth-order valence-electron chi connectivity index (χ4n) is 1.31. The van der Waals surface area contributed by atoms with Crippen LogP contribution in [0.3, 0.4) is 0 Å². The van der Waals surface area contributed by atoms with E-state index in [4.69, 9.17) is 11.6 Å². The summed E-state index contributed by atoms with van der Waals surface area (Å²) in [6.07, 6.45) is -3.69. The average Bonchev–Trinajstić information content (AvgIpc) is 2.27. The molecule has 0 aliphatic carbocycles. The second kappa shape index (κ2) is 5.67. The molecule has 0 unspecified atom stereocenters. The van der Waals surface area contributed by atoms with Gasteiger partial charge in [-0.05, 0) is 27.1 Å². The summed E-state index contributed by atoms with van der Waals surface area (Å²) in [6, 6.07) is 0.979. The van der Waals surface area contributed by atoms with Crippen LogP contribution in [0.1, 0.15) is 17.6 Å². The van der Waals surface area contributed by atoms with Gasteiger partial charge in [0.2, 0.25) is 5.15 Å². The molecule has 0 amide bonds. The maximum absolute atomic E-state index is 12.8. The molecule has 1 rings (SSSR count). The first kappa shape index (κ1) is 14.2. The Morgan fingerprint density at radius 3 is 2.72 bits per heavy atom. The molecule has 6 nitrogen and oxygen atoms in total. The summed E-state index contributed by atoms with van der Waals surface area (Å²) in [5.74, 6) is -1.87. The second-order valence-corrected chi connectivity index (χ2v) is 3.54. The van der Waals surface area contributed by atoms with E-state index < -0.39 is 35.1 Å². The molecule has 0 aliphatic rings. The number of aromatic nitrogens is 1. The third-order valence-corrected chi connectivity index (χ3v) is 2.24. The van der Waals surface area contributed by atoms with Gasteiger partial charge >= 0.3 is 11.8 Å². The van der Waals surface area contributed by atoms with E-state index >= 15 is 0 Å². The van der Waals surface area contributed by atoms with Crippen molar-refractivity contribution in [3.8, 4) is 0 Å². The van der Waals surface area contributed by atoms with Gasteiger partial charge in [-0.1, -0.05) is 0 Å². The van der Waals surface area contributed by atoms with Crippen molar-refractivity contribution in [1.29, 1.82) is 0 Å². The molecule has 1 heterocycles. The molecule has 0 bridgehead atoms. The van der Waals surface area contributed by atoms with Crippen molar-refractivity contribution >= 4 is 23.4 Å². The van der Waals surface area contributed by atoms with Crippen LogP contribution >= 0.6 is 11.6 Å². The van der Waals surface area contributed by atoms with Gasteiger partial charge in [0.25, 0.3) is 6.43 Å². The Bertz CT molecular complexity index is 496. The molecule has 0 radical (unpaired) electrons. The molecule has 18 heavy (non-hydrogen) atoms. The summed E-state index contributed by atoms with van der Waals surface area (Å²) >= 11 is 5.48. The zero-order valence-corrected chi connectivity index (χ0v) is 9.78. The zero-order chi connectivity index (χ0) is 13.9. The number of esters is 1. The van der Waals surface area contributed by atoms with E-state index in [2.05, 4.69) is 9.72 Å². The molecule has 98 valence electrons. The van der Waals surface area contributed by atoms with Crippen molar-refractivity contribution in [3.63, 3.8) is 0 Å². The smallest absolute Gasteiger partial charge is 0.374 e. The van der Waals surface area contributed by atoms with Gasteiger partial charge in [0, 0.05) is 6.07 Å². The van der Waals surface area contributed by atoms with Crippen molar-refractivity contribution in [1.82, 2.24) is 4.98 Å². The number of nitro groups is 1. The normalized spacial score (nSPS) is 10.5. The number of nitrogens with zero attached hydrogens (tertiary/aromatic N) is 2. The highest BCUT2D eigenvalue weighted by Gasteiger charge is 2.29. The summed E-state index contributed by atoms with van der Waals surface area (Å²) < 4.78 is 29.9. The molecular weight excluding hydrogens is 274 g/mol. The maximum Gasteiger partial charge on any atom is 0.374 e. The van der Waals surface area contributed by atoms with Gasteiger partial charge in [-0.15, -0.1) is 0 Å². The first-order valence-corrected chi connectivity index (χ1v) is 4.93. The minimum absolute atomic E-state index is 0.274. The predicted molar refractivity (Wildman–Crippen MR) is 56.6 cm³/mol. The highest BCUT2D eigenvalue weighted by atomic mass is 35.5. The summed E-state index contributed by atoms with van der Waals surface area (Å²) in [6.45, 7) is 0. The lowest BCUT2D eigenvalue weighted by Gasteiger charge is -2.07. The van der Waals surface area contributed by atoms with Crippen LogP contribution in [0.25, 0.3) is 0 Å². The van der Waals surface area contributed by atoms with Gasteiger partial charge in [0.1, 0.15) is 5.56 Å². The zero-order valence-electron chi connectivity index (χ0n) is 9.02. The van der Waals surface area contributed by atoms with Crippen LogP contribution in [0.15, 0.2) is 6.07 Å². The van der Waals surface area contributed by atoms with E-state index in [0.29, 0.717) is 0 Å². The lowest BCUT2D eigenvalue weighted by molar-refractivity contribution is -0.391. The number of pyridine rings is 1. The summed E-state index contributed by atoms with van der Waals surface area (Å²) in [7, 11) is 1.07. The molecule has 0 N–H and O–H groups in total. The maximum atomic E-state index is 12.8. The van der Waals surface area contributed by atoms with Crippen LogP contribution < -0.4 is 0 Å². The number of carbonyl (C=O) groups is 1. The van der Waals surface area contributed by atoms with E-state index in [-0.39, 0.29) is 10.7 Å². The molecule has 9 heteroatoms. The molecule has 0 atom stereocenters. The lowest BCUT2D eigenvalue weighted by Crippen LogP contribution is -2.10. The van der Waals surface area contributed by atoms with Gasteiger partial charge in [-0.2, -0.15) is 0 Å². The number of hydrogen-bond acceptors (Lipinski definition) is 5. The Labute approximate surface area is 105 Å². The first-order chi connectivity index (χ1) is 8.36. The van der Waals surface area contributed by atoms with Gasteiger partial charge in [-0.25, -0.2) is 8.78 Å². The van der Waals surface area contributed by atoms with Gasteiger partial charge < -0.3 is 14.9 Å². The van der Waals surface area contributed by atoms with E-state index in [1.807, 2.05) is 0 Å². The van der Waals surface area contributed by atoms with Crippen LogP contribution in [0.4, 0.5) is 14.6 Å². The van der Waals surface area contributed by atoms with Crippen LogP contribution in [0, 0.1) is 10.1 Å². The second-order valence-electron chi connectivity index (χ2n) is 3.15. The van der Waals surface area contributed by atoms with E-state index in [0.717, 1.165) is 13.2 Å². The summed E-state index contributed by atoms with van der Waals surface area (Å²) in [5, 5.41) is 10.3. The van der Waals surface area contributed by atoms with Crippen molar-refractivity contribution in [2.24, 2.45) is 0 Å². The largest absolute Gasteiger partial charge is 0.469 e. The molecule has 0 saturated heterocycles. The standard InChI is InChI=1S/C9H7ClF2N2O4/c1-18-6(15)3-4-2-5(10)13-9(14(16)17)7(4)8(11)12/h2,8H,3H2,1H3. The number of ether oxygens (including phenoxy) is 1. The summed E-state index contributed by atoms with van der Waals surface area (Å²) in [4.78, 5) is 23.8. The number of halogens is 3. The SMILES string of the molecule is COC(=O)Cc1cc(Cl)nc([N+](=O)[O-])c1C(F)F. The third kappa shape index (κ3) is 3.10. The minimum Gasteiger partial charge on any atom is -0.469 e. The number of hydrogen-bond donors (Lipinski definition) is 0. The fourth-order valence-corrected chi connectivity index (χ4v) is 1.52. The molecule has 0 saturated carbocycles. The van der Waals surface area contributed by atoms with Gasteiger partial charge in [-0.3, -0.25) is 4.79 Å². The van der Waals surface area contributed by atoms with Crippen LogP contribution in [-0.4, -0.2) is 23.0 Å². The van der Waals surface area contributed by atoms with Crippen molar-refractivity contribution < 1.29 is 23.2 Å². The Kier molecular flexibility index (Phi) is 4.49. The first-order valence-electron chi connectivity index (χ1n) is 4.55. The van der Waals surface area contributed by atoms with E-state index in [1.54, 1.807) is 0 Å². The van der Waals surface area contributed by atoms with E-state index in [9.17, 15) is 23.7 Å². The monoisotopic (exact) mass is 280 g/mol. The molecule has 0 aliphatic heterocycles. The molecule has 0 spiro atoms. The Balaban J connectivity index is 3.38. The van der Waals surface area contributed by atoms with Crippen molar-refractivity contribution in [3.05, 3.63) is 32.5 Å².